The van der Waals surface area contributed by atoms with Crippen LogP contribution in [-0.2, 0) is 6.42 Å². The van der Waals surface area contributed by atoms with E-state index in [0.717, 1.165) is 0 Å². The number of rotatable bonds is 2. The fraction of sp³-hybridized carbons (Fsp3) is 0.333. The Labute approximate surface area is 91.3 Å². The van der Waals surface area contributed by atoms with Crippen LogP contribution in [0.25, 0.3) is 0 Å². The molecule has 0 fully saturated rings. The van der Waals surface area contributed by atoms with Crippen LogP contribution in [0.3, 0.4) is 0 Å². The van der Waals surface area contributed by atoms with E-state index in [-0.39, 0.29) is 12.4 Å². The van der Waals surface area contributed by atoms with Crippen molar-refractivity contribution in [3.8, 4) is 12.3 Å². The Morgan fingerprint density at radius 2 is 2.21 bits per heavy atom. The highest BCUT2D eigenvalue weighted by Gasteiger charge is 2.20. The van der Waals surface area contributed by atoms with Crippen molar-refractivity contribution in [1.29, 1.82) is 0 Å². The quantitative estimate of drug-likeness (QED) is 0.734. The van der Waals surface area contributed by atoms with E-state index >= 15 is 0 Å². The van der Waals surface area contributed by atoms with E-state index in [1.54, 1.807) is 0 Å². The molecule has 0 aromatic heterocycles. The monoisotopic (exact) mass is 207 g/mol. The van der Waals surface area contributed by atoms with Crippen LogP contribution in [0.2, 0.25) is 0 Å². The summed E-state index contributed by atoms with van der Waals surface area (Å²) in [5.41, 5.74) is 2.90. The van der Waals surface area contributed by atoms with Gasteiger partial charge in [-0.15, -0.1) is 18.8 Å². The van der Waals surface area contributed by atoms with Crippen molar-refractivity contribution in [1.82, 2.24) is 5.32 Å². The Hall–Kier alpha value is -0.970. The molecule has 0 radical (unpaired) electrons. The molecule has 1 aliphatic carbocycles. The van der Waals surface area contributed by atoms with Gasteiger partial charge in [-0.05, 0) is 24.0 Å². The normalized spacial score (nSPS) is 18.1. The molecule has 0 spiro atoms. The number of benzene rings is 1. The van der Waals surface area contributed by atoms with Crippen LogP contribution < -0.4 is 5.32 Å². The molecule has 2 heteroatoms. The first kappa shape index (κ1) is 11.1. The van der Waals surface area contributed by atoms with Gasteiger partial charge in [-0.3, -0.25) is 5.32 Å². The van der Waals surface area contributed by atoms with Gasteiger partial charge in [0.15, 0.2) is 0 Å². The van der Waals surface area contributed by atoms with Crippen molar-refractivity contribution < 1.29 is 0 Å². The summed E-state index contributed by atoms with van der Waals surface area (Å²) in [5, 5.41) is 3.35. The molecule has 0 aliphatic heterocycles. The number of aryl methyl sites for hydroxylation is 1. The molecule has 1 aliphatic rings. The van der Waals surface area contributed by atoms with E-state index in [1.807, 2.05) is 0 Å². The summed E-state index contributed by atoms with van der Waals surface area (Å²) in [6.07, 6.45) is 7.57. The minimum Gasteiger partial charge on any atom is -0.299 e. The molecule has 0 amide bonds. The van der Waals surface area contributed by atoms with E-state index in [1.165, 1.54) is 24.0 Å². The second-order valence-corrected chi connectivity index (χ2v) is 3.38. The molecular formula is C12H14ClN. The molecule has 0 saturated heterocycles. The first-order valence-electron chi connectivity index (χ1n) is 4.66. The molecule has 1 unspecified atom stereocenters. The lowest BCUT2D eigenvalue weighted by Crippen LogP contribution is -2.19. The predicted molar refractivity (Wildman–Crippen MR) is 61.6 cm³/mol. The lowest BCUT2D eigenvalue weighted by molar-refractivity contribution is 0.568. The van der Waals surface area contributed by atoms with E-state index < -0.39 is 0 Å². The van der Waals surface area contributed by atoms with Gasteiger partial charge in [0.25, 0.3) is 0 Å². The number of halogens is 1. The molecule has 74 valence electrons. The van der Waals surface area contributed by atoms with Gasteiger partial charge >= 0.3 is 0 Å². The molecular weight excluding hydrogens is 194 g/mol. The summed E-state index contributed by atoms with van der Waals surface area (Å²) >= 11 is 0. The Kier molecular flexibility index (Phi) is 4.00. The van der Waals surface area contributed by atoms with Gasteiger partial charge in [-0.25, -0.2) is 0 Å². The van der Waals surface area contributed by atoms with Gasteiger partial charge in [0.2, 0.25) is 0 Å². The largest absolute Gasteiger partial charge is 0.299 e. The average Bonchev–Trinajstić information content (AvgIpc) is 2.58. The summed E-state index contributed by atoms with van der Waals surface area (Å²) in [5.74, 6) is 2.61. The number of nitrogens with one attached hydrogen (secondary N) is 1. The van der Waals surface area contributed by atoms with Crippen LogP contribution in [-0.4, -0.2) is 6.54 Å². The Balaban J connectivity index is 0.000000980. The second-order valence-electron chi connectivity index (χ2n) is 3.38. The highest BCUT2D eigenvalue weighted by Crippen LogP contribution is 2.30. The van der Waals surface area contributed by atoms with E-state index in [4.69, 9.17) is 6.42 Å². The van der Waals surface area contributed by atoms with Gasteiger partial charge in [-0.1, -0.05) is 30.2 Å². The van der Waals surface area contributed by atoms with Crippen molar-refractivity contribution in [2.75, 3.05) is 6.54 Å². The summed E-state index contributed by atoms with van der Waals surface area (Å²) in [6.45, 7) is 0.666. The lowest BCUT2D eigenvalue weighted by atomic mass is 10.1. The lowest BCUT2D eigenvalue weighted by Gasteiger charge is -2.10. The fourth-order valence-electron chi connectivity index (χ4n) is 1.95. The highest BCUT2D eigenvalue weighted by atomic mass is 35.5. The van der Waals surface area contributed by atoms with Gasteiger partial charge in [0.1, 0.15) is 0 Å². The number of hydrogen-bond acceptors (Lipinski definition) is 1. The Morgan fingerprint density at radius 3 is 3.00 bits per heavy atom. The van der Waals surface area contributed by atoms with Crippen LogP contribution in [0.1, 0.15) is 23.6 Å². The minimum atomic E-state index is 0. The molecule has 2 rings (SSSR count). The van der Waals surface area contributed by atoms with Crippen molar-refractivity contribution in [3.05, 3.63) is 35.4 Å². The Bertz CT molecular complexity index is 340. The average molecular weight is 208 g/mol. The summed E-state index contributed by atoms with van der Waals surface area (Å²) in [4.78, 5) is 0. The predicted octanol–water partition coefficient (Wildman–Crippen LogP) is 2.32. The maximum Gasteiger partial charge on any atom is 0.0578 e. The molecule has 0 heterocycles. The van der Waals surface area contributed by atoms with Gasteiger partial charge < -0.3 is 0 Å². The van der Waals surface area contributed by atoms with E-state index in [2.05, 4.69) is 35.5 Å². The second kappa shape index (κ2) is 5.05. The summed E-state index contributed by atoms with van der Waals surface area (Å²) in [7, 11) is 0. The molecule has 1 aromatic rings. The zero-order valence-electron chi connectivity index (χ0n) is 7.99. The van der Waals surface area contributed by atoms with Gasteiger partial charge in [0, 0.05) is 6.04 Å². The molecule has 0 bridgehead atoms. The fourth-order valence-corrected chi connectivity index (χ4v) is 1.95. The number of fused-ring (bicyclic) bond motifs is 1. The zero-order chi connectivity index (χ0) is 9.10. The number of terminal acetylenes is 1. The number of hydrogen-bond donors (Lipinski definition) is 1. The van der Waals surface area contributed by atoms with Crippen molar-refractivity contribution in [2.24, 2.45) is 0 Å². The highest BCUT2D eigenvalue weighted by molar-refractivity contribution is 5.85. The summed E-state index contributed by atoms with van der Waals surface area (Å²) < 4.78 is 0. The third kappa shape index (κ3) is 2.09. The van der Waals surface area contributed by atoms with Crippen LogP contribution in [0.4, 0.5) is 0 Å². The maximum atomic E-state index is 5.21. The smallest absolute Gasteiger partial charge is 0.0578 e. The molecule has 14 heavy (non-hydrogen) atoms. The third-order valence-electron chi connectivity index (χ3n) is 2.58. The van der Waals surface area contributed by atoms with E-state index in [9.17, 15) is 0 Å². The SMILES string of the molecule is C#CCNC1CCc2ccccc21.Cl. The molecule has 1 nitrogen and oxygen atoms in total. The first-order chi connectivity index (χ1) is 6.42. The van der Waals surface area contributed by atoms with Crippen LogP contribution >= 0.6 is 12.4 Å². The Morgan fingerprint density at radius 1 is 1.43 bits per heavy atom. The maximum absolute atomic E-state index is 5.21. The first-order valence-corrected chi connectivity index (χ1v) is 4.66. The van der Waals surface area contributed by atoms with Crippen LogP contribution in [0.15, 0.2) is 24.3 Å². The van der Waals surface area contributed by atoms with Crippen molar-refractivity contribution in [3.63, 3.8) is 0 Å². The minimum absolute atomic E-state index is 0. The van der Waals surface area contributed by atoms with Crippen molar-refractivity contribution in [2.45, 2.75) is 18.9 Å². The topological polar surface area (TPSA) is 12.0 Å². The summed E-state index contributed by atoms with van der Waals surface area (Å²) in [6, 6.07) is 9.06. The third-order valence-corrected chi connectivity index (χ3v) is 2.58. The molecule has 1 atom stereocenters. The van der Waals surface area contributed by atoms with Gasteiger partial charge in [-0.2, -0.15) is 0 Å². The van der Waals surface area contributed by atoms with E-state index in [0.29, 0.717) is 12.6 Å². The van der Waals surface area contributed by atoms with Crippen LogP contribution in [0.5, 0.6) is 0 Å². The van der Waals surface area contributed by atoms with Gasteiger partial charge in [0.05, 0.1) is 6.54 Å². The molecule has 1 N–H and O–H groups in total. The van der Waals surface area contributed by atoms with Crippen LogP contribution in [0, 0.1) is 12.3 Å². The molecule has 0 saturated carbocycles. The zero-order valence-corrected chi connectivity index (χ0v) is 8.81. The van der Waals surface area contributed by atoms with Crippen molar-refractivity contribution >= 4 is 12.4 Å². The standard InChI is InChI=1S/C12H13N.ClH/c1-2-9-13-12-8-7-10-5-3-4-6-11(10)12;/h1,3-6,12-13H,7-9H2;1H. The molecule has 1 aromatic carbocycles.